The van der Waals surface area contributed by atoms with Gasteiger partial charge < -0.3 is 24.8 Å². The van der Waals surface area contributed by atoms with Gasteiger partial charge >= 0.3 is 0 Å². The Kier molecular flexibility index (Phi) is 10.9. The average molecular weight is 539 g/mol. The predicted molar refractivity (Wildman–Crippen MR) is 136 cm³/mol. The molecule has 1 heterocycles. The summed E-state index contributed by atoms with van der Waals surface area (Å²) in [5, 5.41) is 13.6. The molecule has 31 heavy (non-hydrogen) atoms. The van der Waals surface area contributed by atoms with E-state index in [-0.39, 0.29) is 36.7 Å². The first kappa shape index (κ1) is 25.3. The number of hydrogen-bond acceptors (Lipinski definition) is 4. The number of likely N-dealkylation sites (tertiary alicyclic amines) is 1. The van der Waals surface area contributed by atoms with Gasteiger partial charge in [0, 0.05) is 32.5 Å². The molecule has 7 heteroatoms. The highest BCUT2D eigenvalue weighted by molar-refractivity contribution is 14.0. The Hall–Kier alpha value is -2.00. The summed E-state index contributed by atoms with van der Waals surface area (Å²) in [6.45, 7) is 7.13. The molecule has 170 valence electrons. The summed E-state index contributed by atoms with van der Waals surface area (Å²) in [5.41, 5.74) is 1.13. The number of ether oxygens (including phenoxy) is 2. The van der Waals surface area contributed by atoms with E-state index in [1.807, 2.05) is 61.5 Å². The van der Waals surface area contributed by atoms with Crippen molar-refractivity contribution in [3.63, 3.8) is 0 Å². The number of benzene rings is 2. The maximum absolute atomic E-state index is 10.3. The van der Waals surface area contributed by atoms with E-state index in [4.69, 9.17) is 9.47 Å². The molecule has 0 bridgehead atoms. The van der Waals surface area contributed by atoms with Gasteiger partial charge in [-0.2, -0.15) is 0 Å². The van der Waals surface area contributed by atoms with Crippen LogP contribution in [0.4, 0.5) is 0 Å². The molecule has 1 fully saturated rings. The molecule has 2 aromatic carbocycles. The molecule has 1 atom stereocenters. The van der Waals surface area contributed by atoms with Gasteiger partial charge in [0.05, 0.1) is 6.54 Å². The molecule has 0 saturated carbocycles. The zero-order chi connectivity index (χ0) is 21.2. The minimum absolute atomic E-state index is 0. The van der Waals surface area contributed by atoms with E-state index in [0.29, 0.717) is 6.54 Å². The summed E-state index contributed by atoms with van der Waals surface area (Å²) in [6.07, 6.45) is 1.45. The van der Waals surface area contributed by atoms with Crippen LogP contribution in [0, 0.1) is 6.92 Å². The lowest BCUT2D eigenvalue weighted by Crippen LogP contribution is -2.47. The first-order chi connectivity index (χ1) is 14.6. The summed E-state index contributed by atoms with van der Waals surface area (Å²) in [4.78, 5) is 6.88. The van der Waals surface area contributed by atoms with Gasteiger partial charge in [-0.3, -0.25) is 4.99 Å². The lowest BCUT2D eigenvalue weighted by molar-refractivity contribution is 0.113. The number of para-hydroxylation sites is 1. The lowest BCUT2D eigenvalue weighted by atomic mass is 10.1. The zero-order valence-corrected chi connectivity index (χ0v) is 20.7. The van der Waals surface area contributed by atoms with Crippen LogP contribution in [0.1, 0.15) is 25.3 Å². The van der Waals surface area contributed by atoms with Gasteiger partial charge in [0.2, 0.25) is 0 Å². The third-order valence-electron chi connectivity index (χ3n) is 5.01. The Bertz CT molecular complexity index is 796. The van der Waals surface area contributed by atoms with Crippen LogP contribution in [0.15, 0.2) is 59.6 Å². The van der Waals surface area contributed by atoms with Gasteiger partial charge in [-0.05, 0) is 43.7 Å². The number of halogens is 1. The van der Waals surface area contributed by atoms with E-state index >= 15 is 0 Å². The van der Waals surface area contributed by atoms with Crippen molar-refractivity contribution in [3.05, 3.63) is 60.2 Å². The second-order valence-corrected chi connectivity index (χ2v) is 7.59. The minimum atomic E-state index is -0.655. The van der Waals surface area contributed by atoms with Gasteiger partial charge in [-0.1, -0.05) is 30.3 Å². The fraction of sp³-hybridized carbons (Fsp3) is 0.458. The molecule has 3 rings (SSSR count). The minimum Gasteiger partial charge on any atom is -0.491 e. The normalized spacial score (nSPS) is 15.7. The number of aliphatic hydroxyl groups excluding tert-OH is 1. The molecule has 0 aromatic heterocycles. The second kappa shape index (κ2) is 13.4. The molecule has 0 spiro atoms. The van der Waals surface area contributed by atoms with E-state index < -0.39 is 6.10 Å². The summed E-state index contributed by atoms with van der Waals surface area (Å²) in [6, 6.07) is 17.8. The molecule has 6 nitrogen and oxygen atoms in total. The number of aliphatic imine (C=N–C) groups is 1. The number of piperidine rings is 1. The largest absolute Gasteiger partial charge is 0.491 e. The number of rotatable bonds is 8. The van der Waals surface area contributed by atoms with Crippen molar-refractivity contribution in [1.82, 2.24) is 10.2 Å². The Labute approximate surface area is 202 Å². The zero-order valence-electron chi connectivity index (χ0n) is 18.4. The van der Waals surface area contributed by atoms with Crippen molar-refractivity contribution in [2.75, 3.05) is 32.8 Å². The first-order valence-corrected chi connectivity index (χ1v) is 10.8. The van der Waals surface area contributed by atoms with E-state index in [1.165, 1.54) is 0 Å². The van der Waals surface area contributed by atoms with Crippen LogP contribution in [-0.4, -0.2) is 61.0 Å². The van der Waals surface area contributed by atoms with Crippen molar-refractivity contribution >= 4 is 29.9 Å². The topological polar surface area (TPSA) is 66.3 Å². The average Bonchev–Trinajstić information content (AvgIpc) is 2.77. The molecule has 2 N–H and O–H groups in total. The van der Waals surface area contributed by atoms with Gasteiger partial charge in [0.15, 0.2) is 5.96 Å². The molecular formula is C24H34IN3O3. The van der Waals surface area contributed by atoms with Gasteiger partial charge in [-0.15, -0.1) is 24.0 Å². The standard InChI is InChI=1S/C24H33N3O3.HI/c1-3-25-24(26-17-20(28)18-29-23-11-7-8-19(2)16-23)27-14-12-22(13-15-27)30-21-9-5-4-6-10-21;/h4-11,16,20,22,28H,3,12-15,17-18H2,1-2H3,(H,25,26);1H. The van der Waals surface area contributed by atoms with Gasteiger partial charge in [0.1, 0.15) is 30.3 Å². The Morgan fingerprint density at radius 1 is 1.13 bits per heavy atom. The number of hydrogen-bond donors (Lipinski definition) is 2. The summed E-state index contributed by atoms with van der Waals surface area (Å²) < 4.78 is 11.8. The Morgan fingerprint density at radius 3 is 2.52 bits per heavy atom. The fourth-order valence-electron chi connectivity index (χ4n) is 3.44. The first-order valence-electron chi connectivity index (χ1n) is 10.8. The number of aryl methyl sites for hydroxylation is 1. The van der Waals surface area contributed by atoms with Crippen molar-refractivity contribution in [2.24, 2.45) is 4.99 Å². The van der Waals surface area contributed by atoms with Crippen molar-refractivity contribution in [3.8, 4) is 11.5 Å². The predicted octanol–water partition coefficient (Wildman–Crippen LogP) is 3.86. The molecular weight excluding hydrogens is 505 g/mol. The van der Waals surface area contributed by atoms with Crippen LogP contribution in [0.25, 0.3) is 0 Å². The molecule has 0 aliphatic carbocycles. The van der Waals surface area contributed by atoms with Crippen LogP contribution in [0.2, 0.25) is 0 Å². The monoisotopic (exact) mass is 539 g/mol. The number of aliphatic hydroxyl groups is 1. The van der Waals surface area contributed by atoms with Crippen LogP contribution in [0.3, 0.4) is 0 Å². The SMILES string of the molecule is CCNC(=NCC(O)COc1cccc(C)c1)N1CCC(Oc2ccccc2)CC1.I. The number of nitrogens with zero attached hydrogens (tertiary/aromatic N) is 2. The summed E-state index contributed by atoms with van der Waals surface area (Å²) >= 11 is 0. The van der Waals surface area contributed by atoms with Crippen LogP contribution < -0.4 is 14.8 Å². The quantitative estimate of drug-likeness (QED) is 0.303. The molecule has 1 unspecified atom stereocenters. The maximum atomic E-state index is 10.3. The third kappa shape index (κ3) is 8.57. The molecule has 0 radical (unpaired) electrons. The number of nitrogens with one attached hydrogen (secondary N) is 1. The van der Waals surface area contributed by atoms with Crippen LogP contribution in [0.5, 0.6) is 11.5 Å². The van der Waals surface area contributed by atoms with Crippen LogP contribution >= 0.6 is 24.0 Å². The van der Waals surface area contributed by atoms with E-state index in [2.05, 4.69) is 22.1 Å². The lowest BCUT2D eigenvalue weighted by Gasteiger charge is -2.34. The van der Waals surface area contributed by atoms with Crippen molar-refractivity contribution in [2.45, 2.75) is 38.9 Å². The molecule has 1 aliphatic heterocycles. The molecule has 1 saturated heterocycles. The van der Waals surface area contributed by atoms with E-state index in [0.717, 1.165) is 55.5 Å². The molecule has 2 aromatic rings. The van der Waals surface area contributed by atoms with Gasteiger partial charge in [0.25, 0.3) is 0 Å². The summed E-state index contributed by atoms with van der Waals surface area (Å²) in [5.74, 6) is 2.53. The van der Waals surface area contributed by atoms with Crippen molar-refractivity contribution < 1.29 is 14.6 Å². The fourth-order valence-corrected chi connectivity index (χ4v) is 3.44. The summed E-state index contributed by atoms with van der Waals surface area (Å²) in [7, 11) is 0. The highest BCUT2D eigenvalue weighted by Crippen LogP contribution is 2.19. The van der Waals surface area contributed by atoms with Crippen molar-refractivity contribution in [1.29, 1.82) is 0 Å². The highest BCUT2D eigenvalue weighted by atomic mass is 127. The van der Waals surface area contributed by atoms with E-state index in [9.17, 15) is 5.11 Å². The number of guanidine groups is 1. The third-order valence-corrected chi connectivity index (χ3v) is 5.01. The van der Waals surface area contributed by atoms with E-state index in [1.54, 1.807) is 0 Å². The maximum Gasteiger partial charge on any atom is 0.194 e. The smallest absolute Gasteiger partial charge is 0.194 e. The van der Waals surface area contributed by atoms with Gasteiger partial charge in [-0.25, -0.2) is 0 Å². The highest BCUT2D eigenvalue weighted by Gasteiger charge is 2.23. The Balaban J connectivity index is 0.00000341. The molecule has 1 aliphatic rings. The Morgan fingerprint density at radius 2 is 1.84 bits per heavy atom. The molecule has 0 amide bonds. The second-order valence-electron chi connectivity index (χ2n) is 7.59. The van der Waals surface area contributed by atoms with Crippen LogP contribution in [-0.2, 0) is 0 Å².